The summed E-state index contributed by atoms with van der Waals surface area (Å²) in [4.78, 5) is 33.0. The van der Waals surface area contributed by atoms with Gasteiger partial charge in [-0.1, -0.05) is 25.3 Å². The van der Waals surface area contributed by atoms with Gasteiger partial charge in [-0.2, -0.15) is 12.7 Å². The van der Waals surface area contributed by atoms with Crippen LogP contribution in [0.1, 0.15) is 84.7 Å². The fourth-order valence-corrected chi connectivity index (χ4v) is 9.93. The number of nitrogens with zero attached hydrogens (tertiary/aromatic N) is 4. The van der Waals surface area contributed by atoms with Crippen molar-refractivity contribution in [3.8, 4) is 17.0 Å². The predicted octanol–water partition coefficient (Wildman–Crippen LogP) is 5.11. The summed E-state index contributed by atoms with van der Waals surface area (Å²) in [6.07, 6.45) is 8.64. The van der Waals surface area contributed by atoms with Crippen molar-refractivity contribution in [1.82, 2.24) is 23.4 Å². The highest BCUT2D eigenvalue weighted by atomic mass is 35.5. The molecule has 4 fully saturated rings. The molecule has 4 atom stereocenters. The van der Waals surface area contributed by atoms with Gasteiger partial charge in [0.2, 0.25) is 5.91 Å². The topological polar surface area (TPSA) is 104 Å². The van der Waals surface area contributed by atoms with Crippen LogP contribution < -0.4 is 9.46 Å². The Bertz CT molecular complexity index is 1890. The number of ether oxygens (including phenoxy) is 1. The lowest BCUT2D eigenvalue weighted by Crippen LogP contribution is -2.57. The Morgan fingerprint density at radius 3 is 2.35 bits per heavy atom. The van der Waals surface area contributed by atoms with E-state index in [-0.39, 0.29) is 41.9 Å². The molecule has 3 aliphatic heterocycles. The molecule has 10 nitrogen and oxygen atoms in total. The Morgan fingerprint density at radius 2 is 1.69 bits per heavy atom. The first-order valence-electron chi connectivity index (χ1n) is 17.1. The summed E-state index contributed by atoms with van der Waals surface area (Å²) in [5.41, 5.74) is 5.33. The number of likely N-dealkylation sites (N-methyl/N-ethyl adjacent to an activating group) is 1. The van der Waals surface area contributed by atoms with E-state index < -0.39 is 21.5 Å². The highest BCUT2D eigenvalue weighted by Gasteiger charge is 2.65. The number of halogens is 1. The molecule has 2 saturated heterocycles. The van der Waals surface area contributed by atoms with Crippen LogP contribution in [0.2, 0.25) is 0 Å². The van der Waals surface area contributed by atoms with Crippen LogP contribution in [0.3, 0.4) is 0 Å². The number of methoxy groups -OCH3 is 1. The van der Waals surface area contributed by atoms with Gasteiger partial charge in [-0.15, -0.1) is 12.4 Å². The van der Waals surface area contributed by atoms with Crippen LogP contribution >= 0.6 is 12.4 Å². The van der Waals surface area contributed by atoms with E-state index in [1.165, 1.54) is 44.5 Å². The van der Waals surface area contributed by atoms with Gasteiger partial charge in [0.05, 0.1) is 18.2 Å². The predicted molar refractivity (Wildman–Crippen MR) is 188 cm³/mol. The number of likely N-dealkylation sites (tertiary alicyclic amines) is 1. The van der Waals surface area contributed by atoms with E-state index in [1.807, 2.05) is 18.2 Å². The summed E-state index contributed by atoms with van der Waals surface area (Å²) < 4.78 is 36.4. The van der Waals surface area contributed by atoms with Gasteiger partial charge in [-0.3, -0.25) is 9.59 Å². The molecule has 1 N–H and O–H groups in total. The number of nitrogens with one attached hydrogen (secondary N) is 1. The van der Waals surface area contributed by atoms with Gasteiger partial charge in [0.25, 0.3) is 5.91 Å². The van der Waals surface area contributed by atoms with Crippen molar-refractivity contribution in [1.29, 1.82) is 0 Å². The van der Waals surface area contributed by atoms with E-state index in [9.17, 15) is 18.0 Å². The molecular formula is C36H46ClN5O5S. The highest BCUT2D eigenvalue weighted by Crippen LogP contribution is 2.66. The minimum Gasteiger partial charge on any atom is -0.497 e. The zero-order valence-corrected chi connectivity index (χ0v) is 29.8. The number of rotatable bonds is 6. The Balaban J connectivity index is 0.00000364. The Labute approximate surface area is 289 Å². The van der Waals surface area contributed by atoms with Crippen molar-refractivity contribution in [2.24, 2.45) is 5.41 Å². The molecule has 0 spiro atoms. The normalized spacial score (nSPS) is 26.7. The molecule has 258 valence electrons. The van der Waals surface area contributed by atoms with Gasteiger partial charge in [-0.05, 0) is 86.5 Å². The van der Waals surface area contributed by atoms with Gasteiger partial charge in [0.1, 0.15) is 5.75 Å². The molecule has 3 aromatic rings. The van der Waals surface area contributed by atoms with E-state index in [1.54, 1.807) is 13.2 Å². The average molecular weight is 696 g/mol. The number of fused-ring (bicyclic) bond motifs is 9. The van der Waals surface area contributed by atoms with Crippen LogP contribution in [0.25, 0.3) is 22.2 Å². The number of carbonyl (C=O) groups excluding carboxylic acids is 2. The monoisotopic (exact) mass is 695 g/mol. The molecule has 2 saturated carbocycles. The van der Waals surface area contributed by atoms with Crippen molar-refractivity contribution < 1.29 is 22.7 Å². The number of benzene rings is 2. The first-order chi connectivity index (χ1) is 22.5. The number of aromatic nitrogens is 1. The van der Waals surface area contributed by atoms with Gasteiger partial charge >= 0.3 is 10.2 Å². The van der Waals surface area contributed by atoms with Crippen molar-refractivity contribution in [2.75, 3.05) is 41.3 Å². The highest BCUT2D eigenvalue weighted by molar-refractivity contribution is 7.87. The lowest BCUT2D eigenvalue weighted by atomic mass is 9.81. The number of hydrogen-bond donors (Lipinski definition) is 1. The molecule has 0 radical (unpaired) electrons. The third kappa shape index (κ3) is 5.15. The Kier molecular flexibility index (Phi) is 8.37. The van der Waals surface area contributed by atoms with Crippen LogP contribution in [-0.4, -0.2) is 92.3 Å². The molecule has 5 aliphatic rings. The SMILES string of the molecule is COc1ccc2c(c1)[C@@H]1C[C@]1(C(=O)N1C3CCC1CN(C)C3)Cn1c-2c(C2CCCCC2)c2ccc(C(=O)NS(=O)(=O)N(C)C)cc21.Cl. The summed E-state index contributed by atoms with van der Waals surface area (Å²) in [6.45, 7) is 2.34. The number of carbonyl (C=O) groups is 2. The smallest absolute Gasteiger partial charge is 0.303 e. The van der Waals surface area contributed by atoms with E-state index in [4.69, 9.17) is 4.74 Å². The molecule has 2 aliphatic carbocycles. The quantitative estimate of drug-likeness (QED) is 0.384. The van der Waals surface area contributed by atoms with Crippen LogP contribution in [0.15, 0.2) is 36.4 Å². The second-order valence-electron chi connectivity index (χ2n) is 14.8. The van der Waals surface area contributed by atoms with Crippen LogP contribution in [0.4, 0.5) is 0 Å². The Hall–Kier alpha value is -3.12. The second-order valence-corrected chi connectivity index (χ2v) is 16.7. The van der Waals surface area contributed by atoms with Crippen molar-refractivity contribution in [3.63, 3.8) is 0 Å². The van der Waals surface area contributed by atoms with Gasteiger partial charge in [0, 0.05) is 73.8 Å². The van der Waals surface area contributed by atoms with Crippen molar-refractivity contribution in [3.05, 3.63) is 53.1 Å². The van der Waals surface area contributed by atoms with Gasteiger partial charge < -0.3 is 19.1 Å². The maximum Gasteiger partial charge on any atom is 0.303 e. The summed E-state index contributed by atoms with van der Waals surface area (Å²) in [6, 6.07) is 12.4. The molecular weight excluding hydrogens is 650 g/mol. The summed E-state index contributed by atoms with van der Waals surface area (Å²) in [7, 11) is 2.67. The minimum atomic E-state index is -3.96. The largest absolute Gasteiger partial charge is 0.497 e. The molecule has 2 bridgehead atoms. The zero-order chi connectivity index (χ0) is 32.8. The lowest BCUT2D eigenvalue weighted by Gasteiger charge is -2.41. The lowest BCUT2D eigenvalue weighted by molar-refractivity contribution is -0.143. The van der Waals surface area contributed by atoms with Crippen molar-refractivity contribution >= 4 is 45.3 Å². The van der Waals surface area contributed by atoms with Gasteiger partial charge in [0.15, 0.2) is 0 Å². The average Bonchev–Trinajstić information content (AvgIpc) is 3.64. The fraction of sp³-hybridized carbons (Fsp3) is 0.556. The summed E-state index contributed by atoms with van der Waals surface area (Å²) in [5.74, 6) is 0.822. The maximum atomic E-state index is 15.0. The molecule has 1 aromatic heterocycles. The van der Waals surface area contributed by atoms with Crippen LogP contribution in [0, 0.1) is 5.41 Å². The standard InChI is InChI=1S/C36H45N5O5S.ClH/c1-38(2)47(44,45)37-34(42)23-10-14-28-31(16-23)40-21-36(35(43)41-24-11-12-25(41)20-39(3)19-24)18-30(36)29-17-26(46-4)13-15-27(29)33(40)32(28)22-8-6-5-7-9-22;/h10,13-17,22,24-25,30H,5-9,11-12,18-21H2,1-4H3,(H,37,42);1H/t24?,25?,30-,36-;/m0./s1. The number of hydrogen-bond acceptors (Lipinski definition) is 6. The van der Waals surface area contributed by atoms with E-state index in [0.29, 0.717) is 12.5 Å². The first kappa shape index (κ1) is 33.4. The van der Waals surface area contributed by atoms with Gasteiger partial charge in [-0.25, -0.2) is 4.72 Å². The second kappa shape index (κ2) is 12.0. The van der Waals surface area contributed by atoms with E-state index in [0.717, 1.165) is 77.4 Å². The molecule has 48 heavy (non-hydrogen) atoms. The minimum absolute atomic E-state index is 0. The third-order valence-corrected chi connectivity index (χ3v) is 13.2. The zero-order valence-electron chi connectivity index (χ0n) is 28.2. The van der Waals surface area contributed by atoms with Crippen LogP contribution in [-0.2, 0) is 21.5 Å². The number of piperazine rings is 1. The van der Waals surface area contributed by atoms with Crippen molar-refractivity contribution in [2.45, 2.75) is 81.8 Å². The van der Waals surface area contributed by atoms with E-state index >= 15 is 0 Å². The molecule has 2 unspecified atom stereocenters. The van der Waals surface area contributed by atoms with E-state index in [2.05, 4.69) is 38.3 Å². The maximum absolute atomic E-state index is 15.0. The molecule has 2 amide bonds. The summed E-state index contributed by atoms with van der Waals surface area (Å²) in [5, 5.41) is 1.09. The third-order valence-electron chi connectivity index (χ3n) is 11.8. The fourth-order valence-electron chi connectivity index (χ4n) is 9.39. The first-order valence-corrected chi connectivity index (χ1v) is 18.6. The summed E-state index contributed by atoms with van der Waals surface area (Å²) >= 11 is 0. The molecule has 4 heterocycles. The molecule has 8 rings (SSSR count). The Morgan fingerprint density at radius 1 is 0.979 bits per heavy atom. The number of amides is 2. The molecule has 12 heteroatoms. The molecule has 2 aromatic carbocycles. The van der Waals surface area contributed by atoms with Crippen LogP contribution in [0.5, 0.6) is 5.75 Å².